The van der Waals surface area contributed by atoms with E-state index in [4.69, 9.17) is 0 Å². The van der Waals surface area contributed by atoms with Gasteiger partial charge in [-0.2, -0.15) is 0 Å². The van der Waals surface area contributed by atoms with Gasteiger partial charge in [0.15, 0.2) is 0 Å². The first kappa shape index (κ1) is 13.8. The Labute approximate surface area is 122 Å². The fourth-order valence-corrected chi connectivity index (χ4v) is 3.42. The Morgan fingerprint density at radius 1 is 1.20 bits per heavy atom. The van der Waals surface area contributed by atoms with Gasteiger partial charge in [0.2, 0.25) is 0 Å². The zero-order valence-corrected chi connectivity index (χ0v) is 12.5. The molecule has 1 aliphatic carbocycles. The predicted molar refractivity (Wildman–Crippen MR) is 83.1 cm³/mol. The summed E-state index contributed by atoms with van der Waals surface area (Å²) in [7, 11) is 0. The molecule has 2 aliphatic rings. The van der Waals surface area contributed by atoms with Crippen molar-refractivity contribution in [3.63, 3.8) is 0 Å². The molecule has 2 atom stereocenters. The van der Waals surface area contributed by atoms with E-state index < -0.39 is 0 Å². The van der Waals surface area contributed by atoms with Crippen molar-refractivity contribution in [1.29, 1.82) is 0 Å². The second-order valence-electron chi connectivity index (χ2n) is 5.92. The van der Waals surface area contributed by atoms with Gasteiger partial charge in [-0.15, -0.1) is 0 Å². The van der Waals surface area contributed by atoms with Gasteiger partial charge in [-0.3, -0.25) is 4.90 Å². The number of nitrogens with zero attached hydrogens (tertiary/aromatic N) is 3. The van der Waals surface area contributed by atoms with Crippen molar-refractivity contribution in [1.82, 2.24) is 15.2 Å². The van der Waals surface area contributed by atoms with E-state index >= 15 is 0 Å². The molecule has 0 aromatic carbocycles. The first-order chi connectivity index (χ1) is 9.88. The standard InChI is InChI=1S/C16H26N4/c1-2-17-13-14-6-7-15(14)19-9-11-20(12-10-19)16-5-3-4-8-18-16/h3-5,8,14-15,17H,2,6-7,9-13H2,1H3. The second-order valence-corrected chi connectivity index (χ2v) is 5.92. The topological polar surface area (TPSA) is 31.4 Å². The van der Waals surface area contributed by atoms with Gasteiger partial charge in [0.05, 0.1) is 0 Å². The number of aromatic nitrogens is 1. The van der Waals surface area contributed by atoms with Gasteiger partial charge < -0.3 is 10.2 Å². The highest BCUT2D eigenvalue weighted by Crippen LogP contribution is 2.32. The summed E-state index contributed by atoms with van der Waals surface area (Å²) >= 11 is 0. The van der Waals surface area contributed by atoms with Gasteiger partial charge in [0.1, 0.15) is 5.82 Å². The van der Waals surface area contributed by atoms with Crippen molar-refractivity contribution in [2.75, 3.05) is 44.2 Å². The van der Waals surface area contributed by atoms with Gasteiger partial charge in [-0.05, 0) is 44.0 Å². The molecule has 110 valence electrons. The number of piperazine rings is 1. The number of rotatable bonds is 5. The van der Waals surface area contributed by atoms with Crippen LogP contribution < -0.4 is 10.2 Å². The van der Waals surface area contributed by atoms with E-state index in [1.165, 1.54) is 32.5 Å². The Kier molecular flexibility index (Phi) is 4.53. The van der Waals surface area contributed by atoms with Crippen molar-refractivity contribution in [2.24, 2.45) is 5.92 Å². The first-order valence-corrected chi connectivity index (χ1v) is 7.99. The highest BCUT2D eigenvalue weighted by Gasteiger charge is 2.36. The van der Waals surface area contributed by atoms with Crippen molar-refractivity contribution in [3.8, 4) is 0 Å². The number of hydrogen-bond donors (Lipinski definition) is 1. The molecule has 0 spiro atoms. The van der Waals surface area contributed by atoms with Gasteiger partial charge in [0.25, 0.3) is 0 Å². The lowest BCUT2D eigenvalue weighted by Crippen LogP contribution is -2.57. The molecule has 1 aromatic rings. The van der Waals surface area contributed by atoms with E-state index in [0.717, 1.165) is 37.4 Å². The normalized spacial score (nSPS) is 27.4. The van der Waals surface area contributed by atoms with Gasteiger partial charge >= 0.3 is 0 Å². The van der Waals surface area contributed by atoms with Crippen LogP contribution in [0, 0.1) is 5.92 Å². The third-order valence-electron chi connectivity index (χ3n) is 4.79. The molecule has 3 rings (SSSR count). The fraction of sp³-hybridized carbons (Fsp3) is 0.688. The van der Waals surface area contributed by atoms with Crippen molar-refractivity contribution in [2.45, 2.75) is 25.8 Å². The van der Waals surface area contributed by atoms with Crippen LogP contribution in [0.4, 0.5) is 5.82 Å². The zero-order chi connectivity index (χ0) is 13.8. The molecule has 4 heteroatoms. The average molecular weight is 274 g/mol. The van der Waals surface area contributed by atoms with E-state index in [1.54, 1.807) is 0 Å². The molecule has 2 heterocycles. The molecule has 2 fully saturated rings. The van der Waals surface area contributed by atoms with Crippen molar-refractivity contribution < 1.29 is 0 Å². The number of nitrogens with one attached hydrogen (secondary N) is 1. The monoisotopic (exact) mass is 274 g/mol. The lowest BCUT2D eigenvalue weighted by atomic mass is 9.78. The average Bonchev–Trinajstić information content (AvgIpc) is 2.48. The molecule has 4 nitrogen and oxygen atoms in total. The molecule has 20 heavy (non-hydrogen) atoms. The molecular formula is C16H26N4. The minimum Gasteiger partial charge on any atom is -0.354 e. The molecule has 2 unspecified atom stereocenters. The van der Waals surface area contributed by atoms with Crippen LogP contribution in [0.15, 0.2) is 24.4 Å². The third kappa shape index (κ3) is 2.96. The molecular weight excluding hydrogens is 248 g/mol. The molecule has 1 aliphatic heterocycles. The Balaban J connectivity index is 1.49. The lowest BCUT2D eigenvalue weighted by Gasteiger charge is -2.48. The number of hydrogen-bond acceptors (Lipinski definition) is 4. The van der Waals surface area contributed by atoms with E-state index in [9.17, 15) is 0 Å². The van der Waals surface area contributed by atoms with Crippen LogP contribution in [0.2, 0.25) is 0 Å². The van der Waals surface area contributed by atoms with Crippen LogP contribution in [0.3, 0.4) is 0 Å². The summed E-state index contributed by atoms with van der Waals surface area (Å²) in [5.74, 6) is 2.00. The summed E-state index contributed by atoms with van der Waals surface area (Å²) in [5, 5.41) is 3.51. The Hall–Kier alpha value is -1.13. The Morgan fingerprint density at radius 2 is 2.05 bits per heavy atom. The van der Waals surface area contributed by atoms with Crippen LogP contribution in [0.5, 0.6) is 0 Å². The molecule has 1 saturated carbocycles. The highest BCUT2D eigenvalue weighted by molar-refractivity contribution is 5.38. The Bertz CT molecular complexity index is 400. The minimum atomic E-state index is 0.819. The molecule has 0 bridgehead atoms. The van der Waals surface area contributed by atoms with Gasteiger partial charge in [-0.1, -0.05) is 13.0 Å². The van der Waals surface area contributed by atoms with Crippen LogP contribution >= 0.6 is 0 Å². The third-order valence-corrected chi connectivity index (χ3v) is 4.79. The summed E-state index contributed by atoms with van der Waals surface area (Å²) in [6.07, 6.45) is 4.68. The highest BCUT2D eigenvalue weighted by atomic mass is 15.3. The fourth-order valence-electron chi connectivity index (χ4n) is 3.42. The van der Waals surface area contributed by atoms with Gasteiger partial charge in [0, 0.05) is 38.4 Å². The van der Waals surface area contributed by atoms with Crippen molar-refractivity contribution >= 4 is 5.82 Å². The molecule has 0 radical (unpaired) electrons. The number of pyridine rings is 1. The predicted octanol–water partition coefficient (Wildman–Crippen LogP) is 1.59. The van der Waals surface area contributed by atoms with E-state index in [-0.39, 0.29) is 0 Å². The maximum atomic E-state index is 4.46. The van der Waals surface area contributed by atoms with E-state index in [2.05, 4.69) is 39.2 Å². The largest absolute Gasteiger partial charge is 0.354 e. The molecule has 0 amide bonds. The quantitative estimate of drug-likeness (QED) is 0.883. The maximum absolute atomic E-state index is 4.46. The second kappa shape index (κ2) is 6.55. The SMILES string of the molecule is CCNCC1CCC1N1CCN(c2ccccn2)CC1. The van der Waals surface area contributed by atoms with Gasteiger partial charge in [-0.25, -0.2) is 4.98 Å². The summed E-state index contributed by atoms with van der Waals surface area (Å²) in [6, 6.07) is 7.00. The molecule has 1 N–H and O–H groups in total. The molecule has 1 saturated heterocycles. The van der Waals surface area contributed by atoms with Crippen LogP contribution in [-0.4, -0.2) is 55.2 Å². The number of anilines is 1. The lowest BCUT2D eigenvalue weighted by molar-refractivity contribution is 0.0574. The zero-order valence-electron chi connectivity index (χ0n) is 12.5. The summed E-state index contributed by atoms with van der Waals surface area (Å²) < 4.78 is 0. The smallest absolute Gasteiger partial charge is 0.128 e. The summed E-state index contributed by atoms with van der Waals surface area (Å²) in [6.45, 7) is 9.08. The molecule has 1 aromatic heterocycles. The van der Waals surface area contributed by atoms with Crippen LogP contribution in [0.1, 0.15) is 19.8 Å². The van der Waals surface area contributed by atoms with E-state index in [0.29, 0.717) is 0 Å². The Morgan fingerprint density at radius 3 is 2.65 bits per heavy atom. The van der Waals surface area contributed by atoms with E-state index in [1.807, 2.05) is 12.3 Å². The summed E-state index contributed by atoms with van der Waals surface area (Å²) in [4.78, 5) is 9.57. The van der Waals surface area contributed by atoms with Crippen LogP contribution in [0.25, 0.3) is 0 Å². The van der Waals surface area contributed by atoms with Crippen molar-refractivity contribution in [3.05, 3.63) is 24.4 Å². The van der Waals surface area contributed by atoms with Crippen LogP contribution in [-0.2, 0) is 0 Å². The minimum absolute atomic E-state index is 0.819. The summed E-state index contributed by atoms with van der Waals surface area (Å²) in [5.41, 5.74) is 0. The maximum Gasteiger partial charge on any atom is 0.128 e. The first-order valence-electron chi connectivity index (χ1n) is 7.99.